The zero-order valence-corrected chi connectivity index (χ0v) is 29.6. The van der Waals surface area contributed by atoms with Crippen molar-refractivity contribution < 1.29 is 57.1 Å². The van der Waals surface area contributed by atoms with Crippen LogP contribution in [0, 0.1) is 5.41 Å². The van der Waals surface area contributed by atoms with E-state index in [4.69, 9.17) is 33.2 Å². The number of ether oxygens (including phenoxy) is 7. The van der Waals surface area contributed by atoms with E-state index in [1.165, 1.54) is 38.5 Å². The molecule has 2 aliphatic rings. The Labute approximate surface area is 286 Å². The second kappa shape index (κ2) is 24.1. The van der Waals surface area contributed by atoms with Gasteiger partial charge in [0.25, 0.3) is 0 Å². The molecule has 0 aromatic rings. The summed E-state index contributed by atoms with van der Waals surface area (Å²) in [6, 6.07) is 0. The van der Waals surface area contributed by atoms with Crippen LogP contribution in [0.2, 0.25) is 0 Å². The Balaban J connectivity index is 1.76. The summed E-state index contributed by atoms with van der Waals surface area (Å²) in [6.45, 7) is 5.26. The Hall–Kier alpha value is -3.05. The molecule has 0 bridgehead atoms. The number of esters is 3. The molecular weight excluding hydrogens is 624 g/mol. The zero-order valence-electron chi connectivity index (χ0n) is 29.6. The van der Waals surface area contributed by atoms with E-state index >= 15 is 0 Å². The maximum Gasteiger partial charge on any atom is 0.509 e. The number of cyclic esters (lactones) is 2. The van der Waals surface area contributed by atoms with E-state index in [1.54, 1.807) is 6.92 Å². The highest BCUT2D eigenvalue weighted by molar-refractivity contribution is 5.78. The van der Waals surface area contributed by atoms with Crippen molar-refractivity contribution in [2.75, 3.05) is 26.4 Å². The van der Waals surface area contributed by atoms with E-state index in [-0.39, 0.29) is 57.3 Å². The van der Waals surface area contributed by atoms with Gasteiger partial charge in [0, 0.05) is 12.8 Å². The predicted molar refractivity (Wildman–Crippen MR) is 176 cm³/mol. The number of hydrogen-bond acceptors (Lipinski definition) is 12. The van der Waals surface area contributed by atoms with E-state index in [2.05, 4.69) is 13.8 Å². The fourth-order valence-electron chi connectivity index (χ4n) is 5.58. The lowest BCUT2D eigenvalue weighted by Gasteiger charge is -2.33. The molecule has 0 spiro atoms. The first kappa shape index (κ1) is 41.1. The normalized spacial score (nSPS) is 18.7. The molecule has 276 valence electrons. The van der Waals surface area contributed by atoms with Gasteiger partial charge in [0.1, 0.15) is 44.1 Å². The molecule has 0 N–H and O–H groups in total. The molecule has 1 aliphatic heterocycles. The molecule has 1 saturated heterocycles. The monoisotopic (exact) mass is 684 g/mol. The van der Waals surface area contributed by atoms with Gasteiger partial charge in [0.05, 0.1) is 0 Å². The molecule has 1 heterocycles. The largest absolute Gasteiger partial charge is 0.509 e. The third-order valence-corrected chi connectivity index (χ3v) is 8.76. The summed E-state index contributed by atoms with van der Waals surface area (Å²) < 4.78 is 37.1. The number of carbonyl (C=O) groups is 5. The first-order valence-corrected chi connectivity index (χ1v) is 18.3. The summed E-state index contributed by atoms with van der Waals surface area (Å²) in [7, 11) is 0. The topological polar surface area (TPSA) is 150 Å². The third kappa shape index (κ3) is 17.9. The SMILES string of the molecule is CCCCCCCCCC(=O)OCC(COC(=O)CCCCCCCCC)OC(=O)OC1CCC(OC(=O)C2(C)COC(=O)OC2)CC1. The molecule has 1 aliphatic carbocycles. The Morgan fingerprint density at radius 2 is 1.08 bits per heavy atom. The highest BCUT2D eigenvalue weighted by Gasteiger charge is 2.43. The van der Waals surface area contributed by atoms with E-state index in [1.807, 2.05) is 0 Å². The lowest BCUT2D eigenvalue weighted by Crippen LogP contribution is -2.45. The van der Waals surface area contributed by atoms with Crippen molar-refractivity contribution in [1.29, 1.82) is 0 Å². The van der Waals surface area contributed by atoms with Crippen LogP contribution in [-0.2, 0) is 47.5 Å². The Kier molecular flexibility index (Phi) is 20.7. The van der Waals surface area contributed by atoms with Crippen molar-refractivity contribution in [2.45, 2.75) is 167 Å². The molecule has 0 unspecified atom stereocenters. The molecule has 12 heteroatoms. The fraction of sp³-hybridized carbons (Fsp3) is 0.861. The van der Waals surface area contributed by atoms with Gasteiger partial charge in [-0.25, -0.2) is 9.59 Å². The van der Waals surface area contributed by atoms with Crippen LogP contribution in [-0.4, -0.2) is 75.0 Å². The van der Waals surface area contributed by atoms with Gasteiger partial charge in [-0.05, 0) is 45.4 Å². The zero-order chi connectivity index (χ0) is 35.0. The lowest BCUT2D eigenvalue weighted by molar-refractivity contribution is -0.174. The van der Waals surface area contributed by atoms with Gasteiger partial charge in [-0.1, -0.05) is 90.9 Å². The minimum absolute atomic E-state index is 0.112. The first-order valence-electron chi connectivity index (χ1n) is 18.3. The maximum absolute atomic E-state index is 12.7. The van der Waals surface area contributed by atoms with Gasteiger partial charge in [-0.3, -0.25) is 14.4 Å². The number of unbranched alkanes of at least 4 members (excludes halogenated alkanes) is 12. The predicted octanol–water partition coefficient (Wildman–Crippen LogP) is 7.90. The molecule has 0 aromatic carbocycles. The molecule has 0 atom stereocenters. The summed E-state index contributed by atoms with van der Waals surface area (Å²) in [4.78, 5) is 61.3. The molecule has 48 heavy (non-hydrogen) atoms. The van der Waals surface area contributed by atoms with Crippen LogP contribution >= 0.6 is 0 Å². The molecule has 1 saturated carbocycles. The first-order chi connectivity index (χ1) is 23.1. The van der Waals surface area contributed by atoms with E-state index in [0.29, 0.717) is 25.7 Å². The summed E-state index contributed by atoms with van der Waals surface area (Å²) in [5.74, 6) is -1.29. The van der Waals surface area contributed by atoms with E-state index in [0.717, 1.165) is 51.4 Å². The van der Waals surface area contributed by atoms with Gasteiger partial charge in [0.15, 0.2) is 6.10 Å². The maximum atomic E-state index is 12.7. The molecule has 0 radical (unpaired) electrons. The highest BCUT2D eigenvalue weighted by Crippen LogP contribution is 2.29. The minimum Gasteiger partial charge on any atom is -0.462 e. The van der Waals surface area contributed by atoms with Crippen LogP contribution in [0.1, 0.15) is 149 Å². The van der Waals surface area contributed by atoms with Gasteiger partial charge >= 0.3 is 30.2 Å². The van der Waals surface area contributed by atoms with Crippen molar-refractivity contribution in [3.8, 4) is 0 Å². The van der Waals surface area contributed by atoms with Crippen molar-refractivity contribution >= 4 is 30.2 Å². The van der Waals surface area contributed by atoms with Gasteiger partial charge in [-0.15, -0.1) is 0 Å². The van der Waals surface area contributed by atoms with Crippen LogP contribution < -0.4 is 0 Å². The summed E-state index contributed by atoms with van der Waals surface area (Å²) in [6.07, 6.45) is 13.9. The fourth-order valence-corrected chi connectivity index (χ4v) is 5.58. The number of carbonyl (C=O) groups excluding carboxylic acids is 5. The van der Waals surface area contributed by atoms with Crippen LogP contribution in [0.25, 0.3) is 0 Å². The van der Waals surface area contributed by atoms with E-state index < -0.39 is 35.9 Å². The van der Waals surface area contributed by atoms with Crippen molar-refractivity contribution in [3.05, 3.63) is 0 Å². The van der Waals surface area contributed by atoms with Gasteiger partial charge < -0.3 is 33.2 Å². The second-order valence-corrected chi connectivity index (χ2v) is 13.4. The molecule has 2 fully saturated rings. The Morgan fingerprint density at radius 1 is 0.667 bits per heavy atom. The standard InChI is InChI=1S/C36H60O12/c1-4-6-8-10-12-14-16-18-31(37)42-24-30(25-43-32(38)19-17-15-13-11-9-7-5-2)48-35(41)47-29-22-20-28(21-23-29)46-33(39)36(3)26-44-34(40)45-27-36/h28-30H,4-27H2,1-3H3. The van der Waals surface area contributed by atoms with Crippen molar-refractivity contribution in [3.63, 3.8) is 0 Å². The van der Waals surface area contributed by atoms with Crippen LogP contribution in [0.5, 0.6) is 0 Å². The molecule has 12 nitrogen and oxygen atoms in total. The smallest absolute Gasteiger partial charge is 0.462 e. The molecule has 0 amide bonds. The Bertz CT molecular complexity index is 915. The summed E-state index contributed by atoms with van der Waals surface area (Å²) >= 11 is 0. The summed E-state index contributed by atoms with van der Waals surface area (Å²) in [5.41, 5.74) is -1.07. The van der Waals surface area contributed by atoms with Crippen LogP contribution in [0.3, 0.4) is 0 Å². The Morgan fingerprint density at radius 3 is 1.54 bits per heavy atom. The molecular formula is C36H60O12. The minimum atomic E-state index is -1.07. The molecule has 0 aromatic heterocycles. The van der Waals surface area contributed by atoms with Crippen molar-refractivity contribution in [1.82, 2.24) is 0 Å². The second-order valence-electron chi connectivity index (χ2n) is 13.4. The highest BCUT2D eigenvalue weighted by atomic mass is 16.7. The number of rotatable bonds is 24. The third-order valence-electron chi connectivity index (χ3n) is 8.76. The van der Waals surface area contributed by atoms with Crippen LogP contribution in [0.4, 0.5) is 9.59 Å². The van der Waals surface area contributed by atoms with Crippen LogP contribution in [0.15, 0.2) is 0 Å². The average Bonchev–Trinajstić information content (AvgIpc) is 3.07. The van der Waals surface area contributed by atoms with E-state index in [9.17, 15) is 24.0 Å². The molecule has 2 rings (SSSR count). The van der Waals surface area contributed by atoms with Gasteiger partial charge in [0.2, 0.25) is 0 Å². The summed E-state index contributed by atoms with van der Waals surface area (Å²) in [5, 5.41) is 0. The lowest BCUT2D eigenvalue weighted by atomic mass is 9.91. The van der Waals surface area contributed by atoms with Crippen molar-refractivity contribution in [2.24, 2.45) is 5.41 Å². The average molecular weight is 685 g/mol. The quantitative estimate of drug-likeness (QED) is 0.0552. The number of hydrogen-bond donors (Lipinski definition) is 0. The van der Waals surface area contributed by atoms with Gasteiger partial charge in [-0.2, -0.15) is 0 Å².